The van der Waals surface area contributed by atoms with Crippen LogP contribution in [0.25, 0.3) is 0 Å². The van der Waals surface area contributed by atoms with Crippen molar-refractivity contribution in [3.05, 3.63) is 65.7 Å². The number of amides is 1. The molecule has 2 rings (SSSR count). The lowest BCUT2D eigenvalue weighted by Crippen LogP contribution is -2.38. The molecule has 130 valence electrons. The lowest BCUT2D eigenvalue weighted by atomic mass is 9.94. The van der Waals surface area contributed by atoms with Crippen molar-refractivity contribution in [1.29, 1.82) is 5.26 Å². The fraction of sp³-hybridized carbons (Fsp3) is 0.300. The van der Waals surface area contributed by atoms with E-state index in [0.29, 0.717) is 17.9 Å². The maximum atomic E-state index is 11.9. The number of hydrogen-bond acceptors (Lipinski definition) is 4. The Morgan fingerprint density at radius 2 is 1.96 bits per heavy atom. The minimum atomic E-state index is -1.12. The number of benzene rings is 2. The van der Waals surface area contributed by atoms with Crippen LogP contribution in [0.2, 0.25) is 0 Å². The van der Waals surface area contributed by atoms with Crippen LogP contribution < -0.4 is 10.1 Å². The molecule has 1 atom stereocenters. The first-order chi connectivity index (χ1) is 11.9. The van der Waals surface area contributed by atoms with Gasteiger partial charge in [-0.25, -0.2) is 0 Å². The number of nitriles is 1. The molecule has 0 heterocycles. The molecule has 0 saturated carbocycles. The first-order valence-electron chi connectivity index (χ1n) is 8.06. The first kappa shape index (κ1) is 18.5. The molecule has 0 aliphatic rings. The molecule has 2 N–H and O–H groups in total. The first-order valence-corrected chi connectivity index (χ1v) is 8.06. The van der Waals surface area contributed by atoms with Crippen LogP contribution in [0.1, 0.15) is 31.1 Å². The third kappa shape index (κ3) is 5.33. The summed E-state index contributed by atoms with van der Waals surface area (Å²) in [5, 5.41) is 21.8. The molecule has 0 aliphatic heterocycles. The van der Waals surface area contributed by atoms with Crippen LogP contribution in [0, 0.1) is 16.7 Å². The van der Waals surface area contributed by atoms with Gasteiger partial charge in [0.25, 0.3) is 0 Å². The maximum Gasteiger partial charge on any atom is 0.240 e. The third-order valence-corrected chi connectivity index (χ3v) is 3.79. The molecule has 25 heavy (non-hydrogen) atoms. The summed E-state index contributed by atoms with van der Waals surface area (Å²) >= 11 is 0. The maximum absolute atomic E-state index is 11.9. The Labute approximate surface area is 147 Å². The molecule has 0 radical (unpaired) electrons. The van der Waals surface area contributed by atoms with E-state index in [4.69, 9.17) is 10.00 Å². The Bertz CT molecular complexity index is 751. The number of rotatable bonds is 7. The second kappa shape index (κ2) is 8.32. The number of nitrogens with zero attached hydrogens (tertiary/aromatic N) is 1. The molecule has 0 saturated heterocycles. The highest BCUT2D eigenvalue weighted by molar-refractivity contribution is 5.84. The number of aliphatic hydroxyl groups is 1. The molecule has 0 aromatic heterocycles. The van der Waals surface area contributed by atoms with Gasteiger partial charge in [0.15, 0.2) is 0 Å². The molecular formula is C20H22N2O3. The quantitative estimate of drug-likeness (QED) is 0.813. The molecule has 2 aromatic carbocycles. The van der Waals surface area contributed by atoms with Gasteiger partial charge in [0.1, 0.15) is 17.8 Å². The number of carbonyl (C=O) groups is 1. The monoisotopic (exact) mass is 338 g/mol. The van der Waals surface area contributed by atoms with Crippen molar-refractivity contribution in [2.45, 2.75) is 26.6 Å². The van der Waals surface area contributed by atoms with E-state index in [1.165, 1.54) is 13.8 Å². The standard InChI is InChI=1S/C20H22N2O3/c1-20(2,14-21)19(24)22-12-18(23)16-9-6-10-17(11-16)25-13-15-7-4-3-5-8-15/h3-11,18,23H,12-13H2,1-2H3,(H,22,24)/t18-/m0/s1. The van der Waals surface area contributed by atoms with Crippen LogP contribution in [0.3, 0.4) is 0 Å². The molecular weight excluding hydrogens is 316 g/mol. The summed E-state index contributed by atoms with van der Waals surface area (Å²) in [4.78, 5) is 11.9. The molecule has 0 unspecified atom stereocenters. The summed E-state index contributed by atoms with van der Waals surface area (Å²) in [7, 11) is 0. The normalized spacial score (nSPS) is 12.1. The van der Waals surface area contributed by atoms with Crippen molar-refractivity contribution in [3.8, 4) is 11.8 Å². The van der Waals surface area contributed by atoms with E-state index in [1.54, 1.807) is 18.2 Å². The van der Waals surface area contributed by atoms with Crippen LogP contribution in [0.4, 0.5) is 0 Å². The van der Waals surface area contributed by atoms with Crippen LogP contribution in [0.15, 0.2) is 54.6 Å². The topological polar surface area (TPSA) is 82.4 Å². The van der Waals surface area contributed by atoms with Gasteiger partial charge in [-0.3, -0.25) is 4.79 Å². The highest BCUT2D eigenvalue weighted by Gasteiger charge is 2.27. The zero-order valence-corrected chi connectivity index (χ0v) is 14.4. The van der Waals surface area contributed by atoms with E-state index in [1.807, 2.05) is 42.5 Å². The molecule has 2 aromatic rings. The minimum absolute atomic E-state index is 0.0338. The molecule has 5 nitrogen and oxygen atoms in total. The van der Waals surface area contributed by atoms with Gasteiger partial charge in [0.2, 0.25) is 5.91 Å². The van der Waals surface area contributed by atoms with Gasteiger partial charge in [-0.05, 0) is 37.1 Å². The molecule has 0 aliphatic carbocycles. The summed E-state index contributed by atoms with van der Waals surface area (Å²) in [6.45, 7) is 3.54. The van der Waals surface area contributed by atoms with Crippen molar-refractivity contribution in [1.82, 2.24) is 5.32 Å². The van der Waals surface area contributed by atoms with Crippen molar-refractivity contribution in [3.63, 3.8) is 0 Å². The minimum Gasteiger partial charge on any atom is -0.489 e. The predicted molar refractivity (Wildman–Crippen MR) is 94.6 cm³/mol. The van der Waals surface area contributed by atoms with Crippen molar-refractivity contribution in [2.24, 2.45) is 5.41 Å². The molecule has 0 bridgehead atoms. The van der Waals surface area contributed by atoms with E-state index < -0.39 is 17.4 Å². The summed E-state index contributed by atoms with van der Waals surface area (Å²) < 4.78 is 5.74. The molecule has 0 spiro atoms. The average Bonchev–Trinajstić information content (AvgIpc) is 2.65. The smallest absolute Gasteiger partial charge is 0.240 e. The van der Waals surface area contributed by atoms with Crippen molar-refractivity contribution < 1.29 is 14.6 Å². The van der Waals surface area contributed by atoms with Crippen LogP contribution in [-0.2, 0) is 11.4 Å². The zero-order chi connectivity index (χ0) is 18.3. The fourth-order valence-electron chi connectivity index (χ4n) is 2.13. The van der Waals surface area contributed by atoms with Gasteiger partial charge in [0.05, 0.1) is 12.2 Å². The zero-order valence-electron chi connectivity index (χ0n) is 14.4. The van der Waals surface area contributed by atoms with E-state index >= 15 is 0 Å². The highest BCUT2D eigenvalue weighted by atomic mass is 16.5. The number of aliphatic hydroxyl groups excluding tert-OH is 1. The lowest BCUT2D eigenvalue weighted by Gasteiger charge is -2.18. The number of nitrogens with one attached hydrogen (secondary N) is 1. The highest BCUT2D eigenvalue weighted by Crippen LogP contribution is 2.20. The fourth-order valence-corrected chi connectivity index (χ4v) is 2.13. The molecule has 5 heteroatoms. The summed E-state index contributed by atoms with van der Waals surface area (Å²) in [5.74, 6) is 0.231. The number of hydrogen-bond donors (Lipinski definition) is 2. The third-order valence-electron chi connectivity index (χ3n) is 3.79. The Morgan fingerprint density at radius 1 is 1.24 bits per heavy atom. The second-order valence-corrected chi connectivity index (χ2v) is 6.31. The Kier molecular flexibility index (Phi) is 6.15. The number of carbonyl (C=O) groups excluding carboxylic acids is 1. The Balaban J connectivity index is 1.93. The Hall–Kier alpha value is -2.84. The van der Waals surface area contributed by atoms with E-state index in [2.05, 4.69) is 5.32 Å². The van der Waals surface area contributed by atoms with E-state index in [9.17, 15) is 9.90 Å². The van der Waals surface area contributed by atoms with Crippen LogP contribution in [0.5, 0.6) is 5.75 Å². The second-order valence-electron chi connectivity index (χ2n) is 6.31. The van der Waals surface area contributed by atoms with Gasteiger partial charge in [-0.15, -0.1) is 0 Å². The largest absolute Gasteiger partial charge is 0.489 e. The molecule has 1 amide bonds. The van der Waals surface area contributed by atoms with Crippen LogP contribution in [-0.4, -0.2) is 17.6 Å². The Morgan fingerprint density at radius 3 is 2.64 bits per heavy atom. The summed E-state index contributed by atoms with van der Waals surface area (Å²) in [6.07, 6.45) is -0.876. The lowest BCUT2D eigenvalue weighted by molar-refractivity contribution is -0.127. The van der Waals surface area contributed by atoms with E-state index in [-0.39, 0.29) is 6.54 Å². The summed E-state index contributed by atoms with van der Waals surface area (Å²) in [5.41, 5.74) is 0.570. The SMILES string of the molecule is CC(C)(C#N)C(=O)NC[C@H](O)c1cccc(OCc2ccccc2)c1. The molecule has 0 fully saturated rings. The predicted octanol–water partition coefficient (Wildman–Crippen LogP) is 2.96. The van der Waals surface area contributed by atoms with E-state index in [0.717, 1.165) is 5.56 Å². The number of ether oxygens (including phenoxy) is 1. The van der Waals surface area contributed by atoms with Crippen molar-refractivity contribution in [2.75, 3.05) is 6.54 Å². The average molecular weight is 338 g/mol. The van der Waals surface area contributed by atoms with Crippen molar-refractivity contribution >= 4 is 5.91 Å². The van der Waals surface area contributed by atoms with Gasteiger partial charge in [-0.2, -0.15) is 5.26 Å². The van der Waals surface area contributed by atoms with Gasteiger partial charge >= 0.3 is 0 Å². The van der Waals surface area contributed by atoms with Gasteiger partial charge in [0, 0.05) is 6.54 Å². The van der Waals surface area contributed by atoms with Gasteiger partial charge < -0.3 is 15.2 Å². The van der Waals surface area contributed by atoms with Crippen LogP contribution >= 0.6 is 0 Å². The summed E-state index contributed by atoms with van der Waals surface area (Å²) in [6, 6.07) is 18.8. The van der Waals surface area contributed by atoms with Gasteiger partial charge in [-0.1, -0.05) is 42.5 Å².